The van der Waals surface area contributed by atoms with E-state index in [1.807, 2.05) is 32.2 Å². The summed E-state index contributed by atoms with van der Waals surface area (Å²) < 4.78 is 0. The Hall–Kier alpha value is -2.28. The molecule has 0 N–H and O–H groups in total. The highest BCUT2D eigenvalue weighted by molar-refractivity contribution is 5.63. The van der Waals surface area contributed by atoms with E-state index in [0.717, 1.165) is 23.6 Å². The lowest BCUT2D eigenvalue weighted by Gasteiger charge is -2.24. The number of hydrogen-bond donors (Lipinski definition) is 0. The van der Waals surface area contributed by atoms with E-state index in [9.17, 15) is 0 Å². The number of allylic oxidation sites excluding steroid dienone is 6. The monoisotopic (exact) mass is 423 g/mol. The van der Waals surface area contributed by atoms with Gasteiger partial charge in [0.1, 0.15) is 0 Å². The summed E-state index contributed by atoms with van der Waals surface area (Å²) >= 11 is 0. The van der Waals surface area contributed by atoms with Gasteiger partial charge in [-0.05, 0) is 69.7 Å². The number of hydrogen-bond acceptors (Lipinski definition) is 1. The van der Waals surface area contributed by atoms with Gasteiger partial charge in [0.25, 0.3) is 0 Å². The smallest absolute Gasteiger partial charge is 0.0434 e. The van der Waals surface area contributed by atoms with E-state index >= 15 is 0 Å². The first-order chi connectivity index (χ1) is 14.4. The van der Waals surface area contributed by atoms with Crippen LogP contribution in [-0.4, -0.2) is 11.9 Å². The zero-order valence-electron chi connectivity index (χ0n) is 22.2. The highest BCUT2D eigenvalue weighted by Crippen LogP contribution is 2.19. The fourth-order valence-corrected chi connectivity index (χ4v) is 2.89. The van der Waals surface area contributed by atoms with Crippen molar-refractivity contribution in [3.63, 3.8) is 0 Å². The second-order valence-corrected chi connectivity index (χ2v) is 8.75. The molecule has 1 heteroatoms. The van der Waals surface area contributed by atoms with Crippen LogP contribution >= 0.6 is 0 Å². The third-order valence-corrected chi connectivity index (χ3v) is 4.85. The molecule has 0 saturated carbocycles. The summed E-state index contributed by atoms with van der Waals surface area (Å²) in [6, 6.07) is 8.28. The zero-order chi connectivity index (χ0) is 24.6. The van der Waals surface area contributed by atoms with Gasteiger partial charge < -0.3 is 4.90 Å². The topological polar surface area (TPSA) is 3.24 Å². The van der Waals surface area contributed by atoms with Crippen LogP contribution in [0.2, 0.25) is 0 Å². The Bertz CT molecular complexity index is 739. The molecule has 0 aliphatic heterocycles. The summed E-state index contributed by atoms with van der Waals surface area (Å²) in [5.74, 6) is 0.898. The molecule has 0 radical (unpaired) electrons. The molecule has 0 atom stereocenters. The number of rotatable bonds is 8. The van der Waals surface area contributed by atoms with Crippen molar-refractivity contribution in [2.75, 3.05) is 7.05 Å². The van der Waals surface area contributed by atoms with Gasteiger partial charge in [-0.15, -0.1) is 0 Å². The van der Waals surface area contributed by atoms with Crippen molar-refractivity contribution in [1.29, 1.82) is 0 Å². The summed E-state index contributed by atoms with van der Waals surface area (Å²) in [6.45, 7) is 31.0. The molecule has 0 bridgehead atoms. The Labute approximate surface area is 195 Å². The molecular formula is C30H49N. The molecule has 1 rings (SSSR count). The Kier molecular flexibility index (Phi) is 17.4. The first kappa shape index (κ1) is 30.9. The summed E-state index contributed by atoms with van der Waals surface area (Å²) in [5.41, 5.74) is 8.45. The number of aryl methyl sites for hydroxylation is 1. The van der Waals surface area contributed by atoms with Crippen molar-refractivity contribution in [1.82, 2.24) is 4.90 Å². The van der Waals surface area contributed by atoms with Crippen molar-refractivity contribution < 1.29 is 0 Å². The van der Waals surface area contributed by atoms with E-state index in [0.29, 0.717) is 0 Å². The van der Waals surface area contributed by atoms with Crippen molar-refractivity contribution in [2.45, 2.75) is 81.6 Å². The van der Waals surface area contributed by atoms with Gasteiger partial charge in [0.2, 0.25) is 0 Å². The summed E-state index contributed by atoms with van der Waals surface area (Å²) in [6.07, 6.45) is 7.71. The van der Waals surface area contributed by atoms with Crippen LogP contribution in [-0.2, 0) is 0 Å². The van der Waals surface area contributed by atoms with Crippen LogP contribution < -0.4 is 0 Å². The van der Waals surface area contributed by atoms with Crippen molar-refractivity contribution in [3.8, 4) is 0 Å². The molecule has 1 nitrogen and oxygen atoms in total. The normalized spacial score (nSPS) is 10.5. The first-order valence-electron chi connectivity index (χ1n) is 11.5. The summed E-state index contributed by atoms with van der Waals surface area (Å²) in [4.78, 5) is 2.13. The average molecular weight is 424 g/mol. The molecule has 1 aromatic carbocycles. The Morgan fingerprint density at radius 2 is 1.58 bits per heavy atom. The lowest BCUT2D eigenvalue weighted by molar-refractivity contribution is 0.514. The molecule has 0 spiro atoms. The predicted molar refractivity (Wildman–Crippen MR) is 145 cm³/mol. The maximum Gasteiger partial charge on any atom is 0.0434 e. The molecule has 174 valence electrons. The SMILES string of the molecule is C=C(C)c1ccccc1C.C=C/C(C)=C(\C=C(C)C)N(C)C(=C)CC.CCCC(C)C. The summed E-state index contributed by atoms with van der Waals surface area (Å²) in [5, 5.41) is 0. The van der Waals surface area contributed by atoms with E-state index in [1.54, 1.807) is 0 Å². The molecule has 0 fully saturated rings. The Morgan fingerprint density at radius 3 is 1.87 bits per heavy atom. The van der Waals surface area contributed by atoms with E-state index in [1.165, 1.54) is 40.8 Å². The highest BCUT2D eigenvalue weighted by Gasteiger charge is 2.06. The van der Waals surface area contributed by atoms with Crippen LogP contribution in [0.5, 0.6) is 0 Å². The van der Waals surface area contributed by atoms with Gasteiger partial charge in [0, 0.05) is 18.4 Å². The van der Waals surface area contributed by atoms with Crippen LogP contribution in [0, 0.1) is 12.8 Å². The van der Waals surface area contributed by atoms with Crippen molar-refractivity contribution in [3.05, 3.63) is 89.8 Å². The second-order valence-electron chi connectivity index (χ2n) is 8.75. The average Bonchev–Trinajstić information content (AvgIpc) is 2.71. The van der Waals surface area contributed by atoms with E-state index in [-0.39, 0.29) is 0 Å². The quantitative estimate of drug-likeness (QED) is 0.376. The minimum atomic E-state index is 0.898. The van der Waals surface area contributed by atoms with Crippen LogP contribution in [0.25, 0.3) is 5.57 Å². The second kappa shape index (κ2) is 17.4. The zero-order valence-corrected chi connectivity index (χ0v) is 22.2. The van der Waals surface area contributed by atoms with Gasteiger partial charge in [0.05, 0.1) is 0 Å². The molecular weight excluding hydrogens is 374 g/mol. The Balaban J connectivity index is 0. The fraction of sp³-hybridized carbons (Fsp3) is 0.467. The molecule has 0 aliphatic rings. The van der Waals surface area contributed by atoms with Crippen molar-refractivity contribution >= 4 is 5.57 Å². The molecule has 0 heterocycles. The number of benzene rings is 1. The summed E-state index contributed by atoms with van der Waals surface area (Å²) in [7, 11) is 2.05. The third-order valence-electron chi connectivity index (χ3n) is 4.85. The molecule has 31 heavy (non-hydrogen) atoms. The molecule has 0 aliphatic carbocycles. The predicted octanol–water partition coefficient (Wildman–Crippen LogP) is 9.74. The number of likely N-dealkylation sites (N-methyl/N-ethyl adjacent to an activating group) is 1. The lowest BCUT2D eigenvalue weighted by Crippen LogP contribution is -2.16. The standard InChI is InChI=1S/C14H23N.C10H12.C6H14/c1-8-12(5)14(10-11(3)4)15(7)13(6)9-2;1-8(2)10-7-5-4-6-9(10)3;1-4-5-6(2)3/h8,10H,1,6,9H2,2-5,7H3;4-7H,1H2,2-3H3;6H,4-5H2,1-3H3/b14-12+;;. The van der Waals surface area contributed by atoms with Gasteiger partial charge in [0.15, 0.2) is 0 Å². The van der Waals surface area contributed by atoms with Crippen LogP contribution in [0.4, 0.5) is 0 Å². The molecule has 0 saturated heterocycles. The van der Waals surface area contributed by atoms with Crippen LogP contribution in [0.3, 0.4) is 0 Å². The maximum absolute atomic E-state index is 4.05. The third kappa shape index (κ3) is 14.4. The fourth-order valence-electron chi connectivity index (χ4n) is 2.89. The molecule has 1 aromatic rings. The number of nitrogens with zero attached hydrogens (tertiary/aromatic N) is 1. The maximum atomic E-state index is 4.05. The lowest BCUT2D eigenvalue weighted by atomic mass is 10.0. The largest absolute Gasteiger partial charge is 0.349 e. The van der Waals surface area contributed by atoms with Gasteiger partial charge in [-0.1, -0.05) is 102 Å². The minimum Gasteiger partial charge on any atom is -0.349 e. The van der Waals surface area contributed by atoms with Gasteiger partial charge in [-0.3, -0.25) is 0 Å². The molecule has 0 amide bonds. The van der Waals surface area contributed by atoms with E-state index < -0.39 is 0 Å². The van der Waals surface area contributed by atoms with Crippen LogP contribution in [0.1, 0.15) is 85.8 Å². The van der Waals surface area contributed by atoms with E-state index in [4.69, 9.17) is 0 Å². The van der Waals surface area contributed by atoms with Gasteiger partial charge >= 0.3 is 0 Å². The Morgan fingerprint density at radius 1 is 1.03 bits per heavy atom. The first-order valence-corrected chi connectivity index (χ1v) is 11.5. The minimum absolute atomic E-state index is 0.898. The van der Waals surface area contributed by atoms with Gasteiger partial charge in [-0.25, -0.2) is 0 Å². The van der Waals surface area contributed by atoms with E-state index in [2.05, 4.69) is 98.2 Å². The molecule has 0 unspecified atom stereocenters. The molecule has 0 aromatic heterocycles. The highest BCUT2D eigenvalue weighted by atomic mass is 15.1. The van der Waals surface area contributed by atoms with Gasteiger partial charge in [-0.2, -0.15) is 0 Å². The van der Waals surface area contributed by atoms with Crippen LogP contribution in [0.15, 0.2) is 78.7 Å². The van der Waals surface area contributed by atoms with Crippen molar-refractivity contribution in [2.24, 2.45) is 5.92 Å².